The minimum atomic E-state index is -3.38. The first kappa shape index (κ1) is 14.6. The molecule has 1 atom stereocenters. The van der Waals surface area contributed by atoms with Gasteiger partial charge in [0, 0.05) is 20.1 Å². The Morgan fingerprint density at radius 3 is 2.79 bits per heavy atom. The van der Waals surface area contributed by atoms with Crippen molar-refractivity contribution in [1.29, 1.82) is 0 Å². The van der Waals surface area contributed by atoms with Gasteiger partial charge in [-0.15, -0.1) is 0 Å². The first-order valence-corrected chi connectivity index (χ1v) is 8.06. The van der Waals surface area contributed by atoms with Gasteiger partial charge in [0.25, 0.3) is 10.2 Å². The number of hydrogen-bond acceptors (Lipinski definition) is 3. The Morgan fingerprint density at radius 2 is 2.21 bits per heavy atom. The fourth-order valence-electron chi connectivity index (χ4n) is 2.42. The summed E-state index contributed by atoms with van der Waals surface area (Å²) in [5.41, 5.74) is 0. The van der Waals surface area contributed by atoms with Gasteiger partial charge < -0.3 is 4.42 Å². The van der Waals surface area contributed by atoms with Crippen LogP contribution in [0.3, 0.4) is 0 Å². The Morgan fingerprint density at radius 1 is 1.47 bits per heavy atom. The minimum Gasteiger partial charge on any atom is -0.465 e. The number of rotatable bonds is 4. The predicted octanol–water partition coefficient (Wildman–Crippen LogP) is 2.00. The molecule has 2 rings (SSSR count). The summed E-state index contributed by atoms with van der Waals surface area (Å²) in [7, 11) is -1.77. The second-order valence-electron chi connectivity index (χ2n) is 5.38. The van der Waals surface area contributed by atoms with E-state index in [1.807, 2.05) is 19.1 Å². The van der Waals surface area contributed by atoms with Gasteiger partial charge in [0.2, 0.25) is 0 Å². The minimum absolute atomic E-state index is 0.279. The summed E-state index contributed by atoms with van der Waals surface area (Å²) in [5.74, 6) is 1.91. The van der Waals surface area contributed by atoms with Crippen molar-refractivity contribution >= 4 is 10.2 Å². The van der Waals surface area contributed by atoms with Crippen LogP contribution in [0, 0.1) is 12.8 Å². The van der Waals surface area contributed by atoms with Crippen molar-refractivity contribution in [2.24, 2.45) is 5.92 Å². The maximum Gasteiger partial charge on any atom is 0.282 e. The summed E-state index contributed by atoms with van der Waals surface area (Å²) in [6.07, 6.45) is 2.04. The van der Waals surface area contributed by atoms with E-state index in [1.165, 1.54) is 4.31 Å². The number of nitrogens with zero attached hydrogens (tertiary/aromatic N) is 2. The topological polar surface area (TPSA) is 53.8 Å². The van der Waals surface area contributed by atoms with Crippen LogP contribution in [-0.2, 0) is 16.8 Å². The molecular formula is C13H22N2O3S. The van der Waals surface area contributed by atoms with E-state index >= 15 is 0 Å². The summed E-state index contributed by atoms with van der Waals surface area (Å²) in [4.78, 5) is 0. The molecule has 19 heavy (non-hydrogen) atoms. The molecule has 1 fully saturated rings. The molecule has 1 aromatic heterocycles. The highest BCUT2D eigenvalue weighted by atomic mass is 32.2. The lowest BCUT2D eigenvalue weighted by molar-refractivity contribution is 0.260. The zero-order valence-corrected chi connectivity index (χ0v) is 12.6. The maximum atomic E-state index is 12.5. The summed E-state index contributed by atoms with van der Waals surface area (Å²) in [5, 5.41) is 0. The molecule has 0 N–H and O–H groups in total. The SMILES string of the molecule is Cc1ccc(CN(C)S(=O)(=O)N2CCC[C@H](C)C2)o1. The molecule has 0 saturated carbocycles. The van der Waals surface area contributed by atoms with Gasteiger partial charge in [0.15, 0.2) is 0 Å². The summed E-state index contributed by atoms with van der Waals surface area (Å²) < 4.78 is 33.3. The van der Waals surface area contributed by atoms with Crippen LogP contribution in [0.5, 0.6) is 0 Å². The van der Waals surface area contributed by atoms with Crippen LogP contribution in [0.15, 0.2) is 16.5 Å². The van der Waals surface area contributed by atoms with Crippen LogP contribution in [0.4, 0.5) is 0 Å². The number of furan rings is 1. The smallest absolute Gasteiger partial charge is 0.282 e. The third kappa shape index (κ3) is 3.38. The highest BCUT2D eigenvalue weighted by molar-refractivity contribution is 7.86. The second-order valence-corrected chi connectivity index (χ2v) is 7.42. The van der Waals surface area contributed by atoms with E-state index in [9.17, 15) is 8.42 Å². The molecule has 0 spiro atoms. The average Bonchev–Trinajstić information content (AvgIpc) is 2.74. The molecule has 0 amide bonds. The van der Waals surface area contributed by atoms with Gasteiger partial charge in [-0.2, -0.15) is 17.0 Å². The Bertz CT molecular complexity index is 524. The second kappa shape index (κ2) is 5.64. The molecule has 6 heteroatoms. The number of aryl methyl sites for hydroxylation is 1. The van der Waals surface area contributed by atoms with Crippen molar-refractivity contribution < 1.29 is 12.8 Å². The van der Waals surface area contributed by atoms with E-state index in [-0.39, 0.29) is 6.54 Å². The maximum absolute atomic E-state index is 12.5. The van der Waals surface area contributed by atoms with Crippen LogP contribution < -0.4 is 0 Å². The van der Waals surface area contributed by atoms with Gasteiger partial charge in [-0.25, -0.2) is 0 Å². The van der Waals surface area contributed by atoms with Crippen LogP contribution in [0.2, 0.25) is 0 Å². The third-order valence-corrected chi connectivity index (χ3v) is 5.42. The Hall–Kier alpha value is -0.850. The standard InChI is InChI=1S/C13H22N2O3S/c1-11-5-4-8-15(9-11)19(16,17)14(3)10-13-7-6-12(2)18-13/h6-7,11H,4-5,8-10H2,1-3H3/t11-/m0/s1. The lowest BCUT2D eigenvalue weighted by atomic mass is 10.0. The molecule has 0 bridgehead atoms. The molecule has 5 nitrogen and oxygen atoms in total. The highest BCUT2D eigenvalue weighted by Crippen LogP contribution is 2.21. The molecule has 1 saturated heterocycles. The fraction of sp³-hybridized carbons (Fsp3) is 0.692. The molecule has 0 aromatic carbocycles. The van der Waals surface area contributed by atoms with E-state index in [4.69, 9.17) is 4.42 Å². The molecule has 1 aliphatic heterocycles. The lowest BCUT2D eigenvalue weighted by Gasteiger charge is -2.32. The van der Waals surface area contributed by atoms with Crippen molar-refractivity contribution in [3.05, 3.63) is 23.7 Å². The summed E-state index contributed by atoms with van der Waals surface area (Å²) in [6.45, 7) is 5.46. The van der Waals surface area contributed by atoms with Crippen LogP contribution in [0.1, 0.15) is 31.3 Å². The molecule has 2 heterocycles. The summed E-state index contributed by atoms with van der Waals surface area (Å²) in [6, 6.07) is 3.67. The third-order valence-electron chi connectivity index (χ3n) is 3.51. The zero-order chi connectivity index (χ0) is 14.0. The van der Waals surface area contributed by atoms with E-state index in [1.54, 1.807) is 11.4 Å². The molecule has 0 unspecified atom stereocenters. The normalized spacial score (nSPS) is 22.0. The molecular weight excluding hydrogens is 264 g/mol. The van der Waals surface area contributed by atoms with Crippen molar-refractivity contribution in [3.8, 4) is 0 Å². The Labute approximate surface area is 115 Å². The monoisotopic (exact) mass is 286 g/mol. The molecule has 0 radical (unpaired) electrons. The summed E-state index contributed by atoms with van der Waals surface area (Å²) >= 11 is 0. The van der Waals surface area contributed by atoms with Gasteiger partial charge in [0.1, 0.15) is 11.5 Å². The van der Waals surface area contributed by atoms with Gasteiger partial charge in [0.05, 0.1) is 6.54 Å². The molecule has 1 aliphatic rings. The predicted molar refractivity (Wildman–Crippen MR) is 73.8 cm³/mol. The van der Waals surface area contributed by atoms with Gasteiger partial charge >= 0.3 is 0 Å². The Balaban J connectivity index is 2.06. The van der Waals surface area contributed by atoms with E-state index in [2.05, 4.69) is 6.92 Å². The molecule has 108 valence electrons. The molecule has 0 aliphatic carbocycles. The van der Waals surface area contributed by atoms with Crippen LogP contribution in [0.25, 0.3) is 0 Å². The number of piperidine rings is 1. The first-order chi connectivity index (χ1) is 8.89. The quantitative estimate of drug-likeness (QED) is 0.850. The zero-order valence-electron chi connectivity index (χ0n) is 11.8. The number of hydrogen-bond donors (Lipinski definition) is 0. The van der Waals surface area contributed by atoms with Crippen LogP contribution >= 0.6 is 0 Å². The van der Waals surface area contributed by atoms with Crippen molar-refractivity contribution in [2.75, 3.05) is 20.1 Å². The fourth-order valence-corrected chi connectivity index (χ4v) is 3.91. The van der Waals surface area contributed by atoms with Crippen molar-refractivity contribution in [2.45, 2.75) is 33.2 Å². The lowest BCUT2D eigenvalue weighted by Crippen LogP contribution is -2.45. The van der Waals surface area contributed by atoms with Gasteiger partial charge in [-0.1, -0.05) is 6.92 Å². The molecule has 1 aromatic rings. The Kier molecular flexibility index (Phi) is 4.32. The van der Waals surface area contributed by atoms with E-state index < -0.39 is 10.2 Å². The first-order valence-electron chi connectivity index (χ1n) is 6.66. The van der Waals surface area contributed by atoms with Gasteiger partial charge in [-0.05, 0) is 37.8 Å². The highest BCUT2D eigenvalue weighted by Gasteiger charge is 2.30. The van der Waals surface area contributed by atoms with Crippen LogP contribution in [-0.4, -0.2) is 37.2 Å². The van der Waals surface area contributed by atoms with Gasteiger partial charge in [-0.3, -0.25) is 0 Å². The van der Waals surface area contributed by atoms with E-state index in [0.717, 1.165) is 18.6 Å². The van der Waals surface area contributed by atoms with Crippen molar-refractivity contribution in [3.63, 3.8) is 0 Å². The average molecular weight is 286 g/mol. The largest absolute Gasteiger partial charge is 0.465 e. The van der Waals surface area contributed by atoms with E-state index in [0.29, 0.717) is 24.8 Å². The van der Waals surface area contributed by atoms with Crippen molar-refractivity contribution in [1.82, 2.24) is 8.61 Å².